The third-order valence-electron chi connectivity index (χ3n) is 5.13. The van der Waals surface area contributed by atoms with Crippen LogP contribution in [-0.2, 0) is 4.74 Å². The summed E-state index contributed by atoms with van der Waals surface area (Å²) in [6.07, 6.45) is 1.22. The largest absolute Gasteiger partial charge is 0.379 e. The molecule has 0 amide bonds. The summed E-state index contributed by atoms with van der Waals surface area (Å²) in [7, 11) is 6.12. The minimum absolute atomic E-state index is 0. The maximum absolute atomic E-state index is 5.46. The molecule has 1 N–H and O–H groups in total. The van der Waals surface area contributed by atoms with Gasteiger partial charge < -0.3 is 19.9 Å². The molecule has 0 aromatic rings. The van der Waals surface area contributed by atoms with Crippen molar-refractivity contribution in [1.29, 1.82) is 0 Å². The molecule has 2 rings (SSSR count). The molecule has 2 aliphatic rings. The topological polar surface area (TPSA) is 43.3 Å². The lowest BCUT2D eigenvalue weighted by atomic mass is 10.0. The van der Waals surface area contributed by atoms with Crippen LogP contribution in [0.15, 0.2) is 4.99 Å². The minimum Gasteiger partial charge on any atom is -0.379 e. The standard InChI is InChI=1S/C16H33N5O.HI/c1-16(2,19(4)5)13-18-15(17-3)21-7-6-14(12-21)20-8-10-22-11-9-20;/h14H,6-13H2,1-5H3,(H,17,18);1H. The predicted octanol–water partition coefficient (Wildman–Crippen LogP) is 0.927. The summed E-state index contributed by atoms with van der Waals surface area (Å²) in [6, 6.07) is 0.643. The monoisotopic (exact) mass is 439 g/mol. The van der Waals surface area contributed by atoms with Crippen molar-refractivity contribution in [1.82, 2.24) is 20.0 Å². The van der Waals surface area contributed by atoms with Crippen molar-refractivity contribution in [2.75, 3.05) is 67.1 Å². The van der Waals surface area contributed by atoms with Gasteiger partial charge in [0.1, 0.15) is 0 Å². The molecule has 0 bridgehead atoms. The number of ether oxygens (including phenoxy) is 1. The molecular weight excluding hydrogens is 405 g/mol. The Labute approximate surface area is 158 Å². The van der Waals surface area contributed by atoms with Crippen molar-refractivity contribution >= 4 is 29.9 Å². The number of hydrogen-bond acceptors (Lipinski definition) is 4. The number of aliphatic imine (C=N–C) groups is 1. The van der Waals surface area contributed by atoms with Gasteiger partial charge in [-0.2, -0.15) is 0 Å². The highest BCUT2D eigenvalue weighted by Crippen LogP contribution is 2.17. The first-order valence-electron chi connectivity index (χ1n) is 8.39. The van der Waals surface area contributed by atoms with E-state index in [1.54, 1.807) is 0 Å². The minimum atomic E-state index is 0. The molecule has 0 aromatic carbocycles. The summed E-state index contributed by atoms with van der Waals surface area (Å²) >= 11 is 0. The fourth-order valence-electron chi connectivity index (χ4n) is 2.96. The van der Waals surface area contributed by atoms with Crippen molar-refractivity contribution in [3.05, 3.63) is 0 Å². The summed E-state index contributed by atoms with van der Waals surface area (Å²) in [4.78, 5) is 11.7. The third-order valence-corrected chi connectivity index (χ3v) is 5.13. The lowest BCUT2D eigenvalue weighted by molar-refractivity contribution is 0.0194. The van der Waals surface area contributed by atoms with Gasteiger partial charge in [0.2, 0.25) is 0 Å². The molecule has 6 nitrogen and oxygen atoms in total. The second-order valence-electron chi connectivity index (χ2n) is 7.14. The SMILES string of the molecule is CN=C(NCC(C)(C)N(C)C)N1CCC(N2CCOCC2)C1.I. The molecule has 0 spiro atoms. The molecule has 0 aromatic heterocycles. The number of morpholine rings is 1. The van der Waals surface area contributed by atoms with E-state index in [-0.39, 0.29) is 29.5 Å². The van der Waals surface area contributed by atoms with E-state index in [4.69, 9.17) is 4.74 Å². The second kappa shape index (κ2) is 9.39. The van der Waals surface area contributed by atoms with Crippen LogP contribution >= 0.6 is 24.0 Å². The fourth-order valence-corrected chi connectivity index (χ4v) is 2.96. The van der Waals surface area contributed by atoms with Crippen LogP contribution in [0.25, 0.3) is 0 Å². The van der Waals surface area contributed by atoms with E-state index in [0.29, 0.717) is 6.04 Å². The fraction of sp³-hybridized carbons (Fsp3) is 0.938. The Morgan fingerprint density at radius 3 is 2.48 bits per heavy atom. The Bertz CT molecular complexity index is 383. The Hall–Kier alpha value is -0.120. The zero-order valence-electron chi connectivity index (χ0n) is 15.3. The van der Waals surface area contributed by atoms with Gasteiger partial charge in [-0.25, -0.2) is 0 Å². The van der Waals surface area contributed by atoms with Gasteiger partial charge in [-0.3, -0.25) is 9.89 Å². The first-order valence-corrected chi connectivity index (χ1v) is 8.39. The predicted molar refractivity (Wildman–Crippen MR) is 107 cm³/mol. The first kappa shape index (κ1) is 20.9. The van der Waals surface area contributed by atoms with Crippen molar-refractivity contribution in [3.8, 4) is 0 Å². The van der Waals surface area contributed by atoms with Gasteiger partial charge in [0, 0.05) is 51.4 Å². The summed E-state index contributed by atoms with van der Waals surface area (Å²) < 4.78 is 5.46. The number of hydrogen-bond donors (Lipinski definition) is 1. The molecule has 0 aliphatic carbocycles. The molecule has 0 saturated carbocycles. The van der Waals surface area contributed by atoms with Gasteiger partial charge in [-0.15, -0.1) is 24.0 Å². The molecule has 2 saturated heterocycles. The maximum Gasteiger partial charge on any atom is 0.193 e. The van der Waals surface area contributed by atoms with E-state index >= 15 is 0 Å². The van der Waals surface area contributed by atoms with E-state index in [1.165, 1.54) is 6.42 Å². The van der Waals surface area contributed by atoms with Crippen LogP contribution in [-0.4, -0.2) is 99.3 Å². The molecule has 0 radical (unpaired) electrons. The zero-order chi connectivity index (χ0) is 16.2. The number of halogens is 1. The molecule has 23 heavy (non-hydrogen) atoms. The van der Waals surface area contributed by atoms with Gasteiger partial charge >= 0.3 is 0 Å². The van der Waals surface area contributed by atoms with E-state index in [9.17, 15) is 0 Å². The molecule has 136 valence electrons. The number of nitrogens with one attached hydrogen (secondary N) is 1. The average molecular weight is 439 g/mol. The van der Waals surface area contributed by atoms with Crippen LogP contribution < -0.4 is 5.32 Å². The first-order chi connectivity index (χ1) is 10.4. The Morgan fingerprint density at radius 1 is 1.26 bits per heavy atom. The third kappa shape index (κ3) is 5.72. The maximum atomic E-state index is 5.46. The number of guanidine groups is 1. The van der Waals surface area contributed by atoms with Crippen LogP contribution in [0.3, 0.4) is 0 Å². The molecule has 2 fully saturated rings. The molecule has 2 heterocycles. The van der Waals surface area contributed by atoms with Crippen molar-refractivity contribution in [2.45, 2.75) is 31.8 Å². The van der Waals surface area contributed by atoms with Crippen molar-refractivity contribution in [3.63, 3.8) is 0 Å². The summed E-state index contributed by atoms with van der Waals surface area (Å²) in [5.74, 6) is 1.03. The lowest BCUT2D eigenvalue weighted by Gasteiger charge is -2.35. The van der Waals surface area contributed by atoms with Crippen molar-refractivity contribution < 1.29 is 4.74 Å². The van der Waals surface area contributed by atoms with Crippen LogP contribution in [0.4, 0.5) is 0 Å². The highest BCUT2D eigenvalue weighted by Gasteiger charge is 2.31. The number of likely N-dealkylation sites (tertiary alicyclic amines) is 1. The summed E-state index contributed by atoms with van der Waals surface area (Å²) in [6.45, 7) is 11.4. The lowest BCUT2D eigenvalue weighted by Crippen LogP contribution is -2.52. The van der Waals surface area contributed by atoms with Gasteiger partial charge in [0.05, 0.1) is 13.2 Å². The number of rotatable bonds is 4. The second-order valence-corrected chi connectivity index (χ2v) is 7.14. The van der Waals surface area contributed by atoms with Crippen LogP contribution in [0, 0.1) is 0 Å². The van der Waals surface area contributed by atoms with Crippen LogP contribution in [0.5, 0.6) is 0 Å². The van der Waals surface area contributed by atoms with Gasteiger partial charge in [-0.05, 0) is 34.4 Å². The normalized spacial score (nSPS) is 24.0. The van der Waals surface area contributed by atoms with Gasteiger partial charge in [0.25, 0.3) is 0 Å². The molecule has 2 aliphatic heterocycles. The molecule has 1 unspecified atom stereocenters. The van der Waals surface area contributed by atoms with E-state index < -0.39 is 0 Å². The molecular formula is C16H34IN5O. The average Bonchev–Trinajstić information content (AvgIpc) is 2.98. The van der Waals surface area contributed by atoms with Crippen molar-refractivity contribution in [2.24, 2.45) is 4.99 Å². The summed E-state index contributed by atoms with van der Waals surface area (Å²) in [5.41, 5.74) is 0.110. The molecule has 7 heteroatoms. The molecule has 1 atom stereocenters. The smallest absolute Gasteiger partial charge is 0.193 e. The van der Waals surface area contributed by atoms with Crippen LogP contribution in [0.1, 0.15) is 20.3 Å². The Kier molecular flexibility index (Phi) is 8.54. The van der Waals surface area contributed by atoms with Crippen LogP contribution in [0.2, 0.25) is 0 Å². The van der Waals surface area contributed by atoms with Gasteiger partial charge in [0.15, 0.2) is 5.96 Å². The highest BCUT2D eigenvalue weighted by atomic mass is 127. The highest BCUT2D eigenvalue weighted by molar-refractivity contribution is 14.0. The van der Waals surface area contributed by atoms with E-state index in [0.717, 1.165) is 51.9 Å². The number of nitrogens with zero attached hydrogens (tertiary/aromatic N) is 4. The Balaban J connectivity index is 0.00000264. The Morgan fingerprint density at radius 2 is 1.91 bits per heavy atom. The van der Waals surface area contributed by atoms with E-state index in [1.807, 2.05) is 7.05 Å². The number of likely N-dealkylation sites (N-methyl/N-ethyl adjacent to an activating group) is 1. The summed E-state index contributed by atoms with van der Waals surface area (Å²) in [5, 5.41) is 3.55. The van der Waals surface area contributed by atoms with E-state index in [2.05, 4.69) is 53.0 Å². The zero-order valence-corrected chi connectivity index (χ0v) is 17.7. The quantitative estimate of drug-likeness (QED) is 0.401. The van der Waals surface area contributed by atoms with Gasteiger partial charge in [-0.1, -0.05) is 0 Å².